The van der Waals surface area contributed by atoms with E-state index >= 15 is 0 Å². The molecule has 0 radical (unpaired) electrons. The van der Waals surface area contributed by atoms with Gasteiger partial charge in [-0.25, -0.2) is 4.79 Å². The normalized spacial score (nSPS) is 21.8. The van der Waals surface area contributed by atoms with E-state index in [4.69, 9.17) is 4.74 Å². The van der Waals surface area contributed by atoms with E-state index in [1.807, 2.05) is 35.2 Å². The van der Waals surface area contributed by atoms with Crippen molar-refractivity contribution in [1.82, 2.24) is 15.2 Å². The molecule has 1 saturated heterocycles. The molecule has 1 spiro atoms. The van der Waals surface area contributed by atoms with Crippen LogP contribution in [0.4, 0.5) is 10.5 Å². The second kappa shape index (κ2) is 9.41. The maximum Gasteiger partial charge on any atom is 0.317 e. The molecule has 2 aromatic rings. The zero-order valence-corrected chi connectivity index (χ0v) is 19.0. The predicted octanol–water partition coefficient (Wildman–Crippen LogP) is 4.46. The molecule has 5 rings (SSSR count). The molecular weight excluding hydrogens is 416 g/mol. The standard InChI is InChI=1S/C26H32N4O3/c31-24(28-21-8-5-13-27-18-21)16-19-17-26(33-23-10-4-3-9-22(19)23)11-14-30(15-12-26)25(32)29-20-6-1-2-7-20/h3-5,8-10,13,18-20H,1-2,6-7,11-12,14-17H2,(H,28,31)(H,29,32). The number of aromatic nitrogens is 1. The van der Waals surface area contributed by atoms with Crippen molar-refractivity contribution in [2.45, 2.75) is 68.9 Å². The molecule has 3 heterocycles. The number of anilines is 1. The molecule has 1 aromatic carbocycles. The maximum atomic E-state index is 12.8. The Morgan fingerprint density at radius 2 is 1.88 bits per heavy atom. The number of hydrogen-bond donors (Lipinski definition) is 2. The van der Waals surface area contributed by atoms with E-state index in [0.29, 0.717) is 31.2 Å². The van der Waals surface area contributed by atoms with E-state index in [-0.39, 0.29) is 23.5 Å². The molecule has 1 aliphatic carbocycles. The highest BCUT2D eigenvalue weighted by atomic mass is 16.5. The number of pyridine rings is 1. The van der Waals surface area contributed by atoms with Crippen molar-refractivity contribution in [2.24, 2.45) is 0 Å². The van der Waals surface area contributed by atoms with E-state index in [9.17, 15) is 9.59 Å². The van der Waals surface area contributed by atoms with Crippen LogP contribution in [0.3, 0.4) is 0 Å². The third kappa shape index (κ3) is 4.97. The first kappa shape index (κ1) is 21.7. The third-order valence-corrected chi connectivity index (χ3v) is 7.33. The lowest BCUT2D eigenvalue weighted by Gasteiger charge is -2.47. The Morgan fingerprint density at radius 1 is 1.09 bits per heavy atom. The number of nitrogens with one attached hydrogen (secondary N) is 2. The summed E-state index contributed by atoms with van der Waals surface area (Å²) in [7, 11) is 0. The number of fused-ring (bicyclic) bond motifs is 1. The fraction of sp³-hybridized carbons (Fsp3) is 0.500. The molecule has 174 valence electrons. The fourth-order valence-corrected chi connectivity index (χ4v) is 5.56. The first-order valence-electron chi connectivity index (χ1n) is 12.1. The topological polar surface area (TPSA) is 83.6 Å². The van der Waals surface area contributed by atoms with Gasteiger partial charge in [-0.05, 0) is 43.0 Å². The lowest BCUT2D eigenvalue weighted by molar-refractivity contribution is -0.117. The van der Waals surface area contributed by atoms with Gasteiger partial charge in [-0.2, -0.15) is 0 Å². The molecule has 2 aliphatic heterocycles. The summed E-state index contributed by atoms with van der Waals surface area (Å²) in [6.45, 7) is 1.35. The van der Waals surface area contributed by atoms with E-state index in [1.54, 1.807) is 12.4 Å². The van der Waals surface area contributed by atoms with Crippen molar-refractivity contribution >= 4 is 17.6 Å². The lowest BCUT2D eigenvalue weighted by atomic mass is 9.76. The molecule has 1 saturated carbocycles. The van der Waals surface area contributed by atoms with Crippen molar-refractivity contribution in [2.75, 3.05) is 18.4 Å². The van der Waals surface area contributed by atoms with E-state index in [1.165, 1.54) is 12.8 Å². The van der Waals surface area contributed by atoms with Gasteiger partial charge in [0, 0.05) is 50.5 Å². The minimum absolute atomic E-state index is 0.0202. The Balaban J connectivity index is 1.25. The number of amides is 3. The summed E-state index contributed by atoms with van der Waals surface area (Å²) < 4.78 is 6.55. The quantitative estimate of drug-likeness (QED) is 0.723. The molecular formula is C26H32N4O3. The number of ether oxygens (including phenoxy) is 1. The summed E-state index contributed by atoms with van der Waals surface area (Å²) in [6.07, 6.45) is 10.7. The van der Waals surface area contributed by atoms with Gasteiger partial charge in [0.2, 0.25) is 5.91 Å². The largest absolute Gasteiger partial charge is 0.487 e. The van der Waals surface area contributed by atoms with Gasteiger partial charge in [0.1, 0.15) is 11.4 Å². The van der Waals surface area contributed by atoms with Crippen LogP contribution in [0, 0.1) is 0 Å². The Labute approximate surface area is 194 Å². The van der Waals surface area contributed by atoms with E-state index in [2.05, 4.69) is 21.7 Å². The molecule has 2 fully saturated rings. The van der Waals surface area contributed by atoms with Gasteiger partial charge in [-0.1, -0.05) is 31.0 Å². The SMILES string of the molecule is O=C(CC1CC2(CCN(C(=O)NC3CCCC3)CC2)Oc2ccccc21)Nc1cccnc1. The van der Waals surface area contributed by atoms with Gasteiger partial charge in [-0.15, -0.1) is 0 Å². The number of hydrogen-bond acceptors (Lipinski definition) is 4. The summed E-state index contributed by atoms with van der Waals surface area (Å²) in [5.74, 6) is 0.922. The first-order valence-corrected chi connectivity index (χ1v) is 12.1. The van der Waals surface area contributed by atoms with Crippen LogP contribution in [0.5, 0.6) is 5.75 Å². The summed E-state index contributed by atoms with van der Waals surface area (Å²) in [6, 6.07) is 12.1. The second-order valence-corrected chi connectivity index (χ2v) is 9.64. The minimum atomic E-state index is -0.336. The number of piperidine rings is 1. The van der Waals surface area contributed by atoms with E-state index < -0.39 is 0 Å². The van der Waals surface area contributed by atoms with Gasteiger partial charge in [0.05, 0.1) is 11.9 Å². The Hall–Kier alpha value is -3.09. The highest BCUT2D eigenvalue weighted by Crippen LogP contribution is 2.46. The molecule has 1 atom stereocenters. The van der Waals surface area contributed by atoms with Crippen LogP contribution in [0.15, 0.2) is 48.8 Å². The molecule has 7 nitrogen and oxygen atoms in total. The minimum Gasteiger partial charge on any atom is -0.487 e. The number of carbonyl (C=O) groups excluding carboxylic acids is 2. The van der Waals surface area contributed by atoms with Crippen molar-refractivity contribution in [3.05, 3.63) is 54.4 Å². The van der Waals surface area contributed by atoms with Gasteiger partial charge < -0.3 is 20.3 Å². The van der Waals surface area contributed by atoms with Gasteiger partial charge in [0.25, 0.3) is 0 Å². The van der Waals surface area contributed by atoms with Gasteiger partial charge >= 0.3 is 6.03 Å². The lowest BCUT2D eigenvalue weighted by Crippen LogP contribution is -2.54. The van der Waals surface area contributed by atoms with Crippen LogP contribution >= 0.6 is 0 Å². The van der Waals surface area contributed by atoms with Crippen molar-refractivity contribution in [3.8, 4) is 5.75 Å². The number of benzene rings is 1. The Morgan fingerprint density at radius 3 is 2.64 bits per heavy atom. The number of para-hydroxylation sites is 1. The second-order valence-electron chi connectivity index (χ2n) is 9.64. The van der Waals surface area contributed by atoms with Crippen LogP contribution in [-0.2, 0) is 4.79 Å². The zero-order valence-electron chi connectivity index (χ0n) is 19.0. The number of nitrogens with zero attached hydrogens (tertiary/aromatic N) is 2. The maximum absolute atomic E-state index is 12.8. The highest BCUT2D eigenvalue weighted by molar-refractivity contribution is 5.91. The third-order valence-electron chi connectivity index (χ3n) is 7.33. The number of rotatable bonds is 4. The molecule has 3 aliphatic rings. The fourth-order valence-electron chi connectivity index (χ4n) is 5.56. The summed E-state index contributed by atoms with van der Waals surface area (Å²) >= 11 is 0. The zero-order chi connectivity index (χ0) is 22.7. The molecule has 2 N–H and O–H groups in total. The molecule has 7 heteroatoms. The average molecular weight is 449 g/mol. The average Bonchev–Trinajstić information content (AvgIpc) is 3.33. The molecule has 0 bridgehead atoms. The number of carbonyl (C=O) groups is 2. The molecule has 3 amide bonds. The Kier molecular flexibility index (Phi) is 6.20. The van der Waals surface area contributed by atoms with Crippen molar-refractivity contribution in [1.29, 1.82) is 0 Å². The summed E-state index contributed by atoms with van der Waals surface area (Å²) in [5, 5.41) is 6.17. The number of urea groups is 1. The summed E-state index contributed by atoms with van der Waals surface area (Å²) in [4.78, 5) is 31.5. The first-order chi connectivity index (χ1) is 16.1. The molecule has 1 aromatic heterocycles. The summed E-state index contributed by atoms with van der Waals surface area (Å²) in [5.41, 5.74) is 1.46. The number of likely N-dealkylation sites (tertiary alicyclic amines) is 1. The van der Waals surface area contributed by atoms with Crippen molar-refractivity contribution < 1.29 is 14.3 Å². The van der Waals surface area contributed by atoms with Crippen molar-refractivity contribution in [3.63, 3.8) is 0 Å². The highest BCUT2D eigenvalue weighted by Gasteiger charge is 2.44. The van der Waals surface area contributed by atoms with Crippen LogP contribution in [0.1, 0.15) is 62.8 Å². The van der Waals surface area contributed by atoms with Gasteiger partial charge in [-0.3, -0.25) is 9.78 Å². The molecule has 1 unspecified atom stereocenters. The monoisotopic (exact) mass is 448 g/mol. The van der Waals surface area contributed by atoms with Crippen LogP contribution in [0.25, 0.3) is 0 Å². The smallest absolute Gasteiger partial charge is 0.317 e. The van der Waals surface area contributed by atoms with Gasteiger partial charge in [0.15, 0.2) is 0 Å². The molecule has 33 heavy (non-hydrogen) atoms. The van der Waals surface area contributed by atoms with Crippen LogP contribution in [0.2, 0.25) is 0 Å². The van der Waals surface area contributed by atoms with E-state index in [0.717, 1.165) is 43.4 Å². The van der Waals surface area contributed by atoms with Crippen LogP contribution < -0.4 is 15.4 Å². The Bertz CT molecular complexity index is 982. The van der Waals surface area contributed by atoms with Crippen LogP contribution in [-0.4, -0.2) is 46.6 Å². The predicted molar refractivity (Wildman–Crippen MR) is 126 cm³/mol.